The fourth-order valence-corrected chi connectivity index (χ4v) is 8.70. The van der Waals surface area contributed by atoms with Gasteiger partial charge in [-0.15, -0.1) is 0 Å². The number of hydrogen-bond donors (Lipinski definition) is 2. The van der Waals surface area contributed by atoms with Crippen molar-refractivity contribution in [2.24, 2.45) is 28.6 Å². The molecule has 0 aromatic heterocycles. The van der Waals surface area contributed by atoms with Crippen LogP contribution in [0.3, 0.4) is 0 Å². The summed E-state index contributed by atoms with van der Waals surface area (Å²) in [6.45, 7) is 11.7. The van der Waals surface area contributed by atoms with E-state index in [4.69, 9.17) is 14.2 Å². The first-order valence-corrected chi connectivity index (χ1v) is 12.9. The zero-order valence-electron chi connectivity index (χ0n) is 20.7. The Bertz CT molecular complexity index is 758. The van der Waals surface area contributed by atoms with Crippen LogP contribution in [0.15, 0.2) is 0 Å². The molecule has 182 valence electrons. The summed E-state index contributed by atoms with van der Waals surface area (Å²) < 4.78 is 17.9. The van der Waals surface area contributed by atoms with E-state index in [2.05, 4.69) is 19.2 Å². The lowest BCUT2D eigenvalue weighted by Crippen LogP contribution is -2.65. The molecule has 1 spiro atoms. The van der Waals surface area contributed by atoms with Crippen molar-refractivity contribution in [3.05, 3.63) is 0 Å². The number of aliphatic hydroxyl groups is 1. The number of rotatable bonds is 1. The Morgan fingerprint density at radius 3 is 2.38 bits per heavy atom. The van der Waals surface area contributed by atoms with Gasteiger partial charge in [0.05, 0.1) is 24.2 Å². The second-order valence-electron chi connectivity index (χ2n) is 12.9. The number of nitrogens with one attached hydrogen (secondary N) is 1. The van der Waals surface area contributed by atoms with Gasteiger partial charge in [-0.05, 0) is 95.3 Å². The first-order valence-electron chi connectivity index (χ1n) is 12.9. The van der Waals surface area contributed by atoms with Crippen LogP contribution in [0.25, 0.3) is 0 Å². The normalized spacial score (nSPS) is 47.4. The molecule has 0 aromatic carbocycles. The van der Waals surface area contributed by atoms with Gasteiger partial charge in [-0.25, -0.2) is 4.79 Å². The van der Waals surface area contributed by atoms with E-state index in [-0.39, 0.29) is 23.0 Å². The Morgan fingerprint density at radius 2 is 1.69 bits per heavy atom. The molecule has 1 saturated heterocycles. The van der Waals surface area contributed by atoms with Crippen molar-refractivity contribution in [1.29, 1.82) is 0 Å². The van der Waals surface area contributed by atoms with Crippen molar-refractivity contribution in [2.75, 3.05) is 13.2 Å². The van der Waals surface area contributed by atoms with Crippen molar-refractivity contribution in [3.8, 4) is 0 Å². The van der Waals surface area contributed by atoms with Gasteiger partial charge >= 0.3 is 6.09 Å². The molecule has 5 rings (SSSR count). The Morgan fingerprint density at radius 1 is 0.969 bits per heavy atom. The highest BCUT2D eigenvalue weighted by Crippen LogP contribution is 2.71. The lowest BCUT2D eigenvalue weighted by atomic mass is 9.43. The molecule has 7 atom stereocenters. The number of carbonyl (C=O) groups excluding carboxylic acids is 1. The molecule has 2 unspecified atom stereocenters. The maximum absolute atomic E-state index is 12.3. The highest BCUT2D eigenvalue weighted by molar-refractivity contribution is 5.68. The van der Waals surface area contributed by atoms with Crippen LogP contribution in [-0.2, 0) is 14.2 Å². The molecule has 5 aliphatic rings. The third-order valence-corrected chi connectivity index (χ3v) is 10.4. The van der Waals surface area contributed by atoms with E-state index in [0.29, 0.717) is 31.0 Å². The van der Waals surface area contributed by atoms with Crippen molar-refractivity contribution < 1.29 is 24.1 Å². The van der Waals surface area contributed by atoms with E-state index < -0.39 is 17.0 Å². The van der Waals surface area contributed by atoms with E-state index in [9.17, 15) is 9.90 Å². The maximum atomic E-state index is 12.3. The monoisotopic (exact) mass is 449 g/mol. The third-order valence-electron chi connectivity index (χ3n) is 10.4. The molecule has 0 radical (unpaired) electrons. The molecular weight excluding hydrogens is 406 g/mol. The molecule has 32 heavy (non-hydrogen) atoms. The molecular formula is C26H43NO5. The second kappa shape index (κ2) is 7.32. The van der Waals surface area contributed by atoms with Crippen molar-refractivity contribution >= 4 is 6.09 Å². The number of alkyl carbamates (subject to hydrolysis) is 1. The van der Waals surface area contributed by atoms with Crippen molar-refractivity contribution in [3.63, 3.8) is 0 Å². The lowest BCUT2D eigenvalue weighted by molar-refractivity contribution is -0.289. The van der Waals surface area contributed by atoms with Gasteiger partial charge in [0, 0.05) is 12.5 Å². The zero-order valence-corrected chi connectivity index (χ0v) is 20.7. The molecule has 5 fully saturated rings. The predicted octanol–water partition coefficient (Wildman–Crippen LogP) is 4.78. The summed E-state index contributed by atoms with van der Waals surface area (Å²) in [7, 11) is 0. The van der Waals surface area contributed by atoms with E-state index in [1.807, 2.05) is 20.8 Å². The van der Waals surface area contributed by atoms with Gasteiger partial charge in [0.2, 0.25) is 0 Å². The number of carbonyl (C=O) groups is 1. The van der Waals surface area contributed by atoms with Gasteiger partial charge in [-0.1, -0.05) is 13.8 Å². The summed E-state index contributed by atoms with van der Waals surface area (Å²) in [5.41, 5.74) is -1.28. The number of hydrogen-bond acceptors (Lipinski definition) is 5. The standard InChI is InChI=1S/C26H43NO5/c1-22(2,3)32-21(28)27-18-8-10-23(4)17(16-18)6-7-20-19(23)9-11-24(5)25(20,29)12-13-26(24)30-14-15-31-26/h17-20,29H,6-16H2,1-5H3,(H,27,28)/t17?,18-,19?,20+,23-,24-,25+/m0/s1. The largest absolute Gasteiger partial charge is 0.444 e. The predicted molar refractivity (Wildman–Crippen MR) is 121 cm³/mol. The fraction of sp³-hybridized carbons (Fsp3) is 0.962. The molecule has 1 amide bonds. The van der Waals surface area contributed by atoms with Crippen LogP contribution < -0.4 is 5.32 Å². The smallest absolute Gasteiger partial charge is 0.407 e. The minimum atomic E-state index is -0.708. The summed E-state index contributed by atoms with van der Waals surface area (Å²) in [4.78, 5) is 12.3. The molecule has 0 aromatic rings. The third kappa shape index (κ3) is 3.19. The Kier molecular flexibility index (Phi) is 5.24. The lowest BCUT2D eigenvalue weighted by Gasteiger charge is -2.64. The van der Waals surface area contributed by atoms with E-state index in [1.54, 1.807) is 0 Å². The summed E-state index contributed by atoms with van der Waals surface area (Å²) in [5.74, 6) is 0.836. The van der Waals surface area contributed by atoms with Crippen LogP contribution >= 0.6 is 0 Å². The molecule has 0 bridgehead atoms. The SMILES string of the molecule is CC(C)(C)OC(=O)N[C@H]1CC[C@@]2(C)C(CC[C@@H]3C2CC[C@]2(C)C4(CC[C@@]32O)OCCO4)C1. The van der Waals surface area contributed by atoms with E-state index in [1.165, 1.54) is 0 Å². The van der Waals surface area contributed by atoms with Gasteiger partial charge in [0.15, 0.2) is 5.79 Å². The number of amides is 1. The van der Waals surface area contributed by atoms with Crippen LogP contribution in [0.4, 0.5) is 4.79 Å². The molecule has 6 heteroatoms. The number of fused-ring (bicyclic) bond motifs is 6. The molecule has 4 saturated carbocycles. The summed E-state index contributed by atoms with van der Waals surface area (Å²) in [6.07, 6.45) is 8.69. The van der Waals surface area contributed by atoms with Crippen molar-refractivity contribution in [1.82, 2.24) is 5.32 Å². The Labute approximate surface area is 193 Å². The first-order chi connectivity index (χ1) is 14.9. The average Bonchev–Trinajstić information content (AvgIpc) is 3.26. The van der Waals surface area contributed by atoms with Gasteiger partial charge < -0.3 is 24.6 Å². The average molecular weight is 450 g/mol. The van der Waals surface area contributed by atoms with E-state index in [0.717, 1.165) is 57.8 Å². The van der Waals surface area contributed by atoms with Crippen LogP contribution in [0.2, 0.25) is 0 Å². The van der Waals surface area contributed by atoms with Gasteiger partial charge in [0.25, 0.3) is 0 Å². The van der Waals surface area contributed by atoms with E-state index >= 15 is 0 Å². The second-order valence-corrected chi connectivity index (χ2v) is 12.9. The molecule has 4 aliphatic carbocycles. The van der Waals surface area contributed by atoms with Gasteiger partial charge in [0.1, 0.15) is 5.60 Å². The van der Waals surface area contributed by atoms with Gasteiger partial charge in [-0.2, -0.15) is 0 Å². The molecule has 2 N–H and O–H groups in total. The maximum Gasteiger partial charge on any atom is 0.407 e. The number of ether oxygens (including phenoxy) is 3. The highest BCUT2D eigenvalue weighted by atomic mass is 16.7. The van der Waals surface area contributed by atoms with Crippen LogP contribution in [0.5, 0.6) is 0 Å². The molecule has 6 nitrogen and oxygen atoms in total. The van der Waals surface area contributed by atoms with Crippen LogP contribution in [0.1, 0.15) is 92.4 Å². The summed E-state index contributed by atoms with van der Waals surface area (Å²) in [6, 6.07) is 0.187. The minimum absolute atomic E-state index is 0.187. The van der Waals surface area contributed by atoms with Crippen LogP contribution in [-0.4, -0.2) is 47.4 Å². The zero-order chi connectivity index (χ0) is 23.0. The quantitative estimate of drug-likeness (QED) is 0.602. The highest BCUT2D eigenvalue weighted by Gasteiger charge is 2.74. The van der Waals surface area contributed by atoms with Crippen molar-refractivity contribution in [2.45, 2.75) is 115 Å². The van der Waals surface area contributed by atoms with Crippen LogP contribution in [0, 0.1) is 28.6 Å². The fourth-order valence-electron chi connectivity index (χ4n) is 8.70. The summed E-state index contributed by atoms with van der Waals surface area (Å²) in [5, 5.41) is 15.4. The molecule has 1 heterocycles. The first kappa shape index (κ1) is 22.9. The topological polar surface area (TPSA) is 77.0 Å². The Balaban J connectivity index is 1.31. The molecule has 1 aliphatic heterocycles. The minimum Gasteiger partial charge on any atom is -0.444 e. The Hall–Kier alpha value is -0.850. The van der Waals surface area contributed by atoms with Gasteiger partial charge in [-0.3, -0.25) is 0 Å². The summed E-state index contributed by atoms with van der Waals surface area (Å²) >= 11 is 0.